The highest BCUT2D eigenvalue weighted by Crippen LogP contribution is 2.31. The van der Waals surface area contributed by atoms with E-state index < -0.39 is 6.09 Å². The number of ether oxygens (including phenoxy) is 2. The van der Waals surface area contributed by atoms with Crippen molar-refractivity contribution in [1.29, 1.82) is 0 Å². The molecule has 168 valence electrons. The van der Waals surface area contributed by atoms with Crippen LogP contribution in [0.1, 0.15) is 44.0 Å². The molecule has 3 heterocycles. The molecular formula is C22H29BrN4O4. The summed E-state index contributed by atoms with van der Waals surface area (Å²) < 4.78 is 10.6. The molecule has 2 fully saturated rings. The number of carbonyl (C=O) groups is 2. The van der Waals surface area contributed by atoms with E-state index >= 15 is 0 Å². The Labute approximate surface area is 190 Å². The highest BCUT2D eigenvalue weighted by atomic mass is 79.9. The van der Waals surface area contributed by atoms with Crippen LogP contribution in [0.4, 0.5) is 4.79 Å². The van der Waals surface area contributed by atoms with Gasteiger partial charge in [-0.15, -0.1) is 0 Å². The molecule has 0 aliphatic carbocycles. The van der Waals surface area contributed by atoms with Gasteiger partial charge in [-0.05, 0) is 49.8 Å². The molecule has 9 heteroatoms. The number of nitrogens with zero attached hydrogens (tertiary/aromatic N) is 2. The van der Waals surface area contributed by atoms with E-state index in [-0.39, 0.29) is 18.5 Å². The maximum Gasteiger partial charge on any atom is 0.407 e. The lowest BCUT2D eigenvalue weighted by atomic mass is 10.2. The maximum atomic E-state index is 12.4. The Hall–Kier alpha value is -2.39. The molecule has 2 aromatic rings. The normalized spacial score (nSPS) is 18.1. The fourth-order valence-electron chi connectivity index (χ4n) is 3.64. The first-order chi connectivity index (χ1) is 15.1. The molecule has 2 aliphatic heterocycles. The molecule has 8 nitrogen and oxygen atoms in total. The molecule has 0 spiro atoms. The van der Waals surface area contributed by atoms with Gasteiger partial charge in [0.2, 0.25) is 5.91 Å². The Kier molecular flexibility index (Phi) is 8.90. The summed E-state index contributed by atoms with van der Waals surface area (Å²) in [5.74, 6) is 0.622. The second-order valence-electron chi connectivity index (χ2n) is 7.45. The number of hydrogen-bond donors (Lipinski definition) is 2. The maximum absolute atomic E-state index is 12.4. The van der Waals surface area contributed by atoms with E-state index in [0.29, 0.717) is 6.54 Å². The van der Waals surface area contributed by atoms with Gasteiger partial charge in [-0.1, -0.05) is 28.1 Å². The van der Waals surface area contributed by atoms with Crippen molar-refractivity contribution in [2.75, 3.05) is 33.4 Å². The van der Waals surface area contributed by atoms with Crippen LogP contribution in [0.25, 0.3) is 11.3 Å². The summed E-state index contributed by atoms with van der Waals surface area (Å²) in [6, 6.07) is 7.84. The van der Waals surface area contributed by atoms with Gasteiger partial charge < -0.3 is 24.7 Å². The van der Waals surface area contributed by atoms with E-state index in [0.717, 1.165) is 47.6 Å². The standard InChI is InChI=1S/C17H19BrN4O3.C5H10O/c1-25-17(24)20-10-15(23)22-8-2-3-14(22)16-19-9-13(21-16)11-4-6-12(18)7-5-11;1-2-4-6-5-3-1/h4-7,9,14H,2-3,8,10H2,1H3,(H,19,21)(H,20,24);1-5H2. The lowest BCUT2D eigenvalue weighted by Crippen LogP contribution is -2.40. The van der Waals surface area contributed by atoms with Crippen molar-refractivity contribution < 1.29 is 19.1 Å². The van der Waals surface area contributed by atoms with Crippen molar-refractivity contribution in [2.45, 2.75) is 38.1 Å². The molecule has 4 rings (SSSR count). The van der Waals surface area contributed by atoms with Gasteiger partial charge >= 0.3 is 6.09 Å². The highest BCUT2D eigenvalue weighted by Gasteiger charge is 2.32. The minimum atomic E-state index is -0.611. The number of carbonyl (C=O) groups excluding carboxylic acids is 2. The number of amides is 2. The summed E-state index contributed by atoms with van der Waals surface area (Å²) in [6.45, 7) is 2.57. The molecule has 1 aromatic carbocycles. The average Bonchev–Trinajstić information content (AvgIpc) is 3.49. The van der Waals surface area contributed by atoms with Gasteiger partial charge in [0, 0.05) is 24.2 Å². The molecule has 1 atom stereocenters. The molecule has 2 amide bonds. The van der Waals surface area contributed by atoms with Crippen molar-refractivity contribution in [3.05, 3.63) is 40.8 Å². The predicted octanol–water partition coefficient (Wildman–Crippen LogP) is 4.05. The first kappa shape index (κ1) is 23.3. The van der Waals surface area contributed by atoms with Gasteiger partial charge in [-0.3, -0.25) is 4.79 Å². The van der Waals surface area contributed by atoms with Gasteiger partial charge in [0.25, 0.3) is 0 Å². The fraction of sp³-hybridized carbons (Fsp3) is 0.500. The number of likely N-dealkylation sites (tertiary alicyclic amines) is 1. The van der Waals surface area contributed by atoms with Crippen LogP contribution < -0.4 is 5.32 Å². The molecule has 1 aromatic heterocycles. The van der Waals surface area contributed by atoms with Gasteiger partial charge in [0.05, 0.1) is 25.0 Å². The zero-order chi connectivity index (χ0) is 22.1. The van der Waals surface area contributed by atoms with E-state index in [2.05, 4.69) is 36.0 Å². The average molecular weight is 493 g/mol. The number of benzene rings is 1. The number of aromatic nitrogens is 2. The summed E-state index contributed by atoms with van der Waals surface area (Å²) in [5.41, 5.74) is 1.94. The number of imidazole rings is 1. The van der Waals surface area contributed by atoms with Crippen LogP contribution in [0.15, 0.2) is 34.9 Å². The lowest BCUT2D eigenvalue weighted by molar-refractivity contribution is -0.131. The van der Waals surface area contributed by atoms with Crippen LogP contribution in [0.2, 0.25) is 0 Å². The second kappa shape index (κ2) is 11.9. The topological polar surface area (TPSA) is 96.5 Å². The van der Waals surface area contributed by atoms with Gasteiger partial charge in [0.1, 0.15) is 12.4 Å². The van der Waals surface area contributed by atoms with Gasteiger partial charge in [-0.25, -0.2) is 9.78 Å². The van der Waals surface area contributed by atoms with Crippen LogP contribution in [-0.4, -0.2) is 60.3 Å². The first-order valence-electron chi connectivity index (χ1n) is 10.6. The molecule has 31 heavy (non-hydrogen) atoms. The first-order valence-corrected chi connectivity index (χ1v) is 11.4. The van der Waals surface area contributed by atoms with Crippen LogP contribution in [0.5, 0.6) is 0 Å². The van der Waals surface area contributed by atoms with E-state index in [9.17, 15) is 9.59 Å². The quantitative estimate of drug-likeness (QED) is 0.670. The Bertz CT molecular complexity index is 840. The van der Waals surface area contributed by atoms with Crippen LogP contribution in [0, 0.1) is 0 Å². The van der Waals surface area contributed by atoms with Crippen molar-refractivity contribution in [3.8, 4) is 11.3 Å². The molecule has 2 aliphatic rings. The third-order valence-electron chi connectivity index (χ3n) is 5.29. The minimum Gasteiger partial charge on any atom is -0.453 e. The second-order valence-corrected chi connectivity index (χ2v) is 8.37. The summed E-state index contributed by atoms with van der Waals surface area (Å²) in [6.07, 6.45) is 6.85. The largest absolute Gasteiger partial charge is 0.453 e. The molecule has 0 saturated carbocycles. The fourth-order valence-corrected chi connectivity index (χ4v) is 3.90. The monoisotopic (exact) mass is 492 g/mol. The number of methoxy groups -OCH3 is 1. The van der Waals surface area contributed by atoms with E-state index in [1.165, 1.54) is 26.4 Å². The number of rotatable bonds is 4. The van der Waals surface area contributed by atoms with Gasteiger partial charge in [0.15, 0.2) is 0 Å². The smallest absolute Gasteiger partial charge is 0.407 e. The predicted molar refractivity (Wildman–Crippen MR) is 120 cm³/mol. The molecule has 1 unspecified atom stereocenters. The molecule has 0 bridgehead atoms. The summed E-state index contributed by atoms with van der Waals surface area (Å²) >= 11 is 3.42. The molecular weight excluding hydrogens is 464 g/mol. The number of aromatic amines is 1. The van der Waals surface area contributed by atoms with E-state index in [4.69, 9.17) is 4.74 Å². The summed E-state index contributed by atoms with van der Waals surface area (Å²) in [7, 11) is 1.27. The van der Waals surface area contributed by atoms with Gasteiger partial charge in [-0.2, -0.15) is 0 Å². The van der Waals surface area contributed by atoms with E-state index in [1.807, 2.05) is 24.3 Å². The van der Waals surface area contributed by atoms with Crippen molar-refractivity contribution in [3.63, 3.8) is 0 Å². The van der Waals surface area contributed by atoms with Crippen molar-refractivity contribution >= 4 is 27.9 Å². The van der Waals surface area contributed by atoms with E-state index in [1.54, 1.807) is 11.1 Å². The summed E-state index contributed by atoms with van der Waals surface area (Å²) in [5, 5.41) is 2.43. The minimum absolute atomic E-state index is 0.0799. The number of alkyl carbamates (subject to hydrolysis) is 1. The Morgan fingerprint density at radius 2 is 1.97 bits per heavy atom. The third-order valence-corrected chi connectivity index (χ3v) is 5.81. The number of H-pyrrole nitrogens is 1. The Morgan fingerprint density at radius 1 is 1.23 bits per heavy atom. The zero-order valence-electron chi connectivity index (χ0n) is 17.7. The molecule has 2 saturated heterocycles. The summed E-state index contributed by atoms with van der Waals surface area (Å²) in [4.78, 5) is 33.1. The Balaban J connectivity index is 0.000000391. The lowest BCUT2D eigenvalue weighted by Gasteiger charge is -2.23. The number of halogens is 1. The SMILES string of the molecule is C1CCOCC1.COC(=O)NCC(=O)N1CCCC1c1ncc(-c2ccc(Br)cc2)[nH]1. The van der Waals surface area contributed by atoms with Crippen LogP contribution in [-0.2, 0) is 14.3 Å². The number of nitrogens with one attached hydrogen (secondary N) is 2. The highest BCUT2D eigenvalue weighted by molar-refractivity contribution is 9.10. The van der Waals surface area contributed by atoms with Crippen molar-refractivity contribution in [2.24, 2.45) is 0 Å². The zero-order valence-corrected chi connectivity index (χ0v) is 19.3. The van der Waals surface area contributed by atoms with Crippen LogP contribution >= 0.6 is 15.9 Å². The third kappa shape index (κ3) is 6.80. The molecule has 0 radical (unpaired) electrons. The molecule has 2 N–H and O–H groups in total. The number of hydrogen-bond acceptors (Lipinski definition) is 5. The Morgan fingerprint density at radius 3 is 2.58 bits per heavy atom. The van der Waals surface area contributed by atoms with Crippen molar-refractivity contribution in [1.82, 2.24) is 20.2 Å². The van der Waals surface area contributed by atoms with Crippen LogP contribution in [0.3, 0.4) is 0 Å².